The number of hydrogen-bond acceptors (Lipinski definition) is 4. The van der Waals surface area contributed by atoms with E-state index in [1.54, 1.807) is 14.2 Å². The maximum atomic E-state index is 12.5. The molecule has 6 nitrogen and oxygen atoms in total. The molecule has 0 bridgehead atoms. The lowest BCUT2D eigenvalue weighted by Gasteiger charge is -2.18. The van der Waals surface area contributed by atoms with Gasteiger partial charge in [-0.15, -0.1) is 0 Å². The molecule has 0 unspecified atom stereocenters. The second-order valence-electron chi connectivity index (χ2n) is 5.20. The van der Waals surface area contributed by atoms with E-state index in [0.29, 0.717) is 12.3 Å². The van der Waals surface area contributed by atoms with Crippen molar-refractivity contribution < 1.29 is 17.9 Å². The van der Waals surface area contributed by atoms with E-state index in [2.05, 4.69) is 0 Å². The van der Waals surface area contributed by atoms with Gasteiger partial charge in [0.15, 0.2) is 0 Å². The number of primary sulfonamides is 1. The lowest BCUT2D eigenvalue weighted by molar-refractivity contribution is 0.0784. The Hall–Kier alpha value is -2.09. The zero-order chi connectivity index (χ0) is 17.9. The average molecular weight is 369 g/mol. The number of amides is 1. The summed E-state index contributed by atoms with van der Waals surface area (Å²) in [6.07, 6.45) is 0. The topological polar surface area (TPSA) is 89.7 Å². The second-order valence-corrected chi connectivity index (χ2v) is 7.14. The van der Waals surface area contributed by atoms with E-state index in [-0.39, 0.29) is 21.4 Å². The number of halogens is 1. The van der Waals surface area contributed by atoms with Gasteiger partial charge >= 0.3 is 0 Å². The molecule has 0 spiro atoms. The molecule has 0 radical (unpaired) electrons. The summed E-state index contributed by atoms with van der Waals surface area (Å²) >= 11 is 5.83. The van der Waals surface area contributed by atoms with E-state index >= 15 is 0 Å². The first kappa shape index (κ1) is 18.3. The van der Waals surface area contributed by atoms with E-state index < -0.39 is 10.0 Å². The van der Waals surface area contributed by atoms with Crippen LogP contribution in [-0.4, -0.2) is 33.4 Å². The molecular weight excluding hydrogens is 352 g/mol. The fourth-order valence-electron chi connectivity index (χ4n) is 2.19. The number of nitrogens with two attached hydrogens (primary N) is 1. The average Bonchev–Trinajstić information content (AvgIpc) is 2.53. The van der Waals surface area contributed by atoms with Crippen LogP contribution in [0.2, 0.25) is 5.02 Å². The van der Waals surface area contributed by atoms with Crippen molar-refractivity contribution in [1.29, 1.82) is 0 Å². The SMILES string of the molecule is COc1cccc(CN(C)C(=O)c2ccc(Cl)c(S(N)(=O)=O)c2)c1. The highest BCUT2D eigenvalue weighted by atomic mass is 35.5. The molecule has 0 aliphatic rings. The molecule has 2 aromatic rings. The van der Waals surface area contributed by atoms with E-state index in [0.717, 1.165) is 5.56 Å². The van der Waals surface area contributed by atoms with Gasteiger partial charge in [-0.25, -0.2) is 13.6 Å². The lowest BCUT2D eigenvalue weighted by Crippen LogP contribution is -2.26. The Labute approximate surface area is 145 Å². The monoisotopic (exact) mass is 368 g/mol. The maximum Gasteiger partial charge on any atom is 0.253 e. The van der Waals surface area contributed by atoms with Gasteiger partial charge in [0.05, 0.1) is 12.1 Å². The van der Waals surface area contributed by atoms with Crippen molar-refractivity contribution in [3.8, 4) is 5.75 Å². The minimum Gasteiger partial charge on any atom is -0.497 e. The minimum absolute atomic E-state index is 0.0236. The number of nitrogens with zero attached hydrogens (tertiary/aromatic N) is 1. The van der Waals surface area contributed by atoms with Crippen molar-refractivity contribution in [3.63, 3.8) is 0 Å². The van der Waals surface area contributed by atoms with Gasteiger partial charge in [-0.1, -0.05) is 23.7 Å². The lowest BCUT2D eigenvalue weighted by atomic mass is 10.1. The van der Waals surface area contributed by atoms with Crippen LogP contribution in [0.25, 0.3) is 0 Å². The predicted molar refractivity (Wildman–Crippen MR) is 91.6 cm³/mol. The largest absolute Gasteiger partial charge is 0.497 e. The smallest absolute Gasteiger partial charge is 0.253 e. The highest BCUT2D eigenvalue weighted by molar-refractivity contribution is 7.89. The van der Waals surface area contributed by atoms with Crippen molar-refractivity contribution >= 4 is 27.5 Å². The molecule has 2 aromatic carbocycles. The molecular formula is C16H17ClN2O4S. The van der Waals surface area contributed by atoms with Crippen molar-refractivity contribution in [2.75, 3.05) is 14.2 Å². The molecule has 24 heavy (non-hydrogen) atoms. The predicted octanol–water partition coefficient (Wildman–Crippen LogP) is 2.27. The first-order chi connectivity index (χ1) is 11.2. The van der Waals surface area contributed by atoms with Gasteiger partial charge in [-0.2, -0.15) is 0 Å². The van der Waals surface area contributed by atoms with Crippen LogP contribution >= 0.6 is 11.6 Å². The Morgan fingerprint density at radius 2 is 1.96 bits per heavy atom. The molecule has 0 aliphatic carbocycles. The molecule has 0 heterocycles. The van der Waals surface area contributed by atoms with Gasteiger partial charge < -0.3 is 9.64 Å². The highest BCUT2D eigenvalue weighted by Crippen LogP contribution is 2.22. The van der Waals surface area contributed by atoms with Crippen molar-refractivity contribution in [1.82, 2.24) is 4.90 Å². The third-order valence-corrected chi connectivity index (χ3v) is 4.78. The molecule has 2 N–H and O–H groups in total. The van der Waals surface area contributed by atoms with Crippen LogP contribution in [0.5, 0.6) is 5.75 Å². The Bertz CT molecular complexity index is 868. The fourth-order valence-corrected chi connectivity index (χ4v) is 3.26. The Kier molecular flexibility index (Phi) is 5.48. The van der Waals surface area contributed by atoms with Crippen LogP contribution in [0.4, 0.5) is 0 Å². The summed E-state index contributed by atoms with van der Waals surface area (Å²) in [5.41, 5.74) is 1.07. The molecule has 2 rings (SSSR count). The van der Waals surface area contributed by atoms with E-state index in [9.17, 15) is 13.2 Å². The van der Waals surface area contributed by atoms with Crippen LogP contribution in [0.15, 0.2) is 47.4 Å². The summed E-state index contributed by atoms with van der Waals surface area (Å²) in [7, 11) is -0.818. The number of methoxy groups -OCH3 is 1. The minimum atomic E-state index is -4.00. The molecule has 0 saturated heterocycles. The van der Waals surface area contributed by atoms with Gasteiger partial charge in [-0.05, 0) is 35.9 Å². The zero-order valence-corrected chi connectivity index (χ0v) is 14.8. The third-order valence-electron chi connectivity index (χ3n) is 3.39. The van der Waals surface area contributed by atoms with Crippen LogP contribution < -0.4 is 9.88 Å². The Morgan fingerprint density at radius 3 is 2.58 bits per heavy atom. The molecule has 1 amide bonds. The fraction of sp³-hybridized carbons (Fsp3) is 0.188. The van der Waals surface area contributed by atoms with Gasteiger partial charge in [0.25, 0.3) is 5.91 Å². The molecule has 0 aliphatic heterocycles. The van der Waals surface area contributed by atoms with E-state index in [1.807, 2.05) is 24.3 Å². The first-order valence-corrected chi connectivity index (χ1v) is 8.85. The summed E-state index contributed by atoms with van der Waals surface area (Å²) in [5, 5.41) is 5.08. The van der Waals surface area contributed by atoms with E-state index in [1.165, 1.54) is 23.1 Å². The molecule has 0 aromatic heterocycles. The molecule has 0 saturated carbocycles. The Balaban J connectivity index is 2.25. The number of ether oxygens (including phenoxy) is 1. The number of sulfonamides is 1. The van der Waals surface area contributed by atoms with Crippen LogP contribution in [-0.2, 0) is 16.6 Å². The van der Waals surface area contributed by atoms with Gasteiger partial charge in [0.2, 0.25) is 10.0 Å². The number of hydrogen-bond donors (Lipinski definition) is 1. The zero-order valence-electron chi connectivity index (χ0n) is 13.2. The summed E-state index contributed by atoms with van der Waals surface area (Å²) in [6, 6.07) is 11.3. The van der Waals surface area contributed by atoms with Crippen LogP contribution in [0.1, 0.15) is 15.9 Å². The number of carbonyl (C=O) groups excluding carboxylic acids is 1. The van der Waals surface area contributed by atoms with Crippen molar-refractivity contribution in [2.45, 2.75) is 11.4 Å². The normalized spacial score (nSPS) is 11.2. The second kappa shape index (κ2) is 7.21. The molecule has 8 heteroatoms. The highest BCUT2D eigenvalue weighted by Gasteiger charge is 2.18. The van der Waals surface area contributed by atoms with Crippen molar-refractivity contribution in [3.05, 3.63) is 58.6 Å². The maximum absolute atomic E-state index is 12.5. The summed E-state index contributed by atoms with van der Waals surface area (Å²) in [5.74, 6) is 0.343. The van der Waals surface area contributed by atoms with Gasteiger partial charge in [0, 0.05) is 19.2 Å². The number of carbonyl (C=O) groups is 1. The summed E-state index contributed by atoms with van der Waals surface area (Å²) in [4.78, 5) is 13.7. The third kappa shape index (κ3) is 4.25. The van der Waals surface area contributed by atoms with Gasteiger partial charge in [-0.3, -0.25) is 4.79 Å². The van der Waals surface area contributed by atoms with Crippen LogP contribution in [0.3, 0.4) is 0 Å². The summed E-state index contributed by atoms with van der Waals surface area (Å²) in [6.45, 7) is 0.337. The summed E-state index contributed by atoms with van der Waals surface area (Å²) < 4.78 is 28.2. The standard InChI is InChI=1S/C16H17ClN2O4S/c1-19(10-11-4-3-5-13(8-11)23-2)16(20)12-6-7-14(17)15(9-12)24(18,21)22/h3-9H,10H2,1-2H3,(H2,18,21,22). The van der Waals surface area contributed by atoms with Gasteiger partial charge in [0.1, 0.15) is 10.6 Å². The Morgan fingerprint density at radius 1 is 1.25 bits per heavy atom. The number of benzene rings is 2. The molecule has 0 fully saturated rings. The first-order valence-electron chi connectivity index (χ1n) is 6.93. The van der Waals surface area contributed by atoms with Crippen LogP contribution in [0, 0.1) is 0 Å². The van der Waals surface area contributed by atoms with Crippen molar-refractivity contribution in [2.24, 2.45) is 5.14 Å². The molecule has 128 valence electrons. The molecule has 0 atom stereocenters. The number of rotatable bonds is 5. The van der Waals surface area contributed by atoms with E-state index in [4.69, 9.17) is 21.5 Å². The quantitative estimate of drug-likeness (QED) is 0.876.